The number of hydrogen-bond acceptors (Lipinski definition) is 4. The summed E-state index contributed by atoms with van der Waals surface area (Å²) < 4.78 is 31.3. The van der Waals surface area contributed by atoms with Crippen LogP contribution in [0.4, 0.5) is 14.5 Å². The van der Waals surface area contributed by atoms with Crippen LogP contribution in [0.25, 0.3) is 0 Å². The third kappa shape index (κ3) is 1.94. The number of hydrogen-bond donors (Lipinski definition) is 0. The van der Waals surface area contributed by atoms with Crippen molar-refractivity contribution in [1.82, 2.24) is 10.2 Å². The molecule has 15 heavy (non-hydrogen) atoms. The minimum atomic E-state index is -2.91. The molecule has 0 fully saturated rings. The second-order valence-corrected chi connectivity index (χ2v) is 3.71. The van der Waals surface area contributed by atoms with Crippen LogP contribution in [0.3, 0.4) is 0 Å². The smallest absolute Gasteiger partial charge is 0.298 e. The van der Waals surface area contributed by atoms with Crippen molar-refractivity contribution in [1.29, 1.82) is 0 Å². The summed E-state index contributed by atoms with van der Waals surface area (Å²) in [4.78, 5) is 1.35. The molecule has 0 unspecified atom stereocenters. The topological polar surface area (TPSA) is 38.2 Å². The lowest BCUT2D eigenvalue weighted by atomic mass is 10.3. The molecule has 0 aliphatic carbocycles. The van der Waals surface area contributed by atoms with Gasteiger partial charge in [-0.25, -0.2) is 8.78 Å². The summed E-state index contributed by atoms with van der Waals surface area (Å²) >= 11 is 5.70. The highest BCUT2D eigenvalue weighted by Crippen LogP contribution is 2.36. The molecule has 1 aromatic rings. The van der Waals surface area contributed by atoms with E-state index in [0.29, 0.717) is 5.69 Å². The fourth-order valence-corrected chi connectivity index (χ4v) is 1.60. The van der Waals surface area contributed by atoms with Gasteiger partial charge in [0, 0.05) is 7.05 Å². The van der Waals surface area contributed by atoms with Crippen LogP contribution in [0.1, 0.15) is 0 Å². The fraction of sp³-hybridized carbons (Fsp3) is 0.500. The number of rotatable bonds is 0. The molecule has 1 aliphatic heterocycles. The molecule has 0 amide bonds. The minimum absolute atomic E-state index is 0.00273. The Kier molecular flexibility index (Phi) is 2.38. The first-order valence-corrected chi connectivity index (χ1v) is 4.60. The van der Waals surface area contributed by atoms with Gasteiger partial charge in [-0.3, -0.25) is 0 Å². The van der Waals surface area contributed by atoms with E-state index in [1.807, 2.05) is 0 Å². The molecule has 82 valence electrons. The molecule has 4 nitrogen and oxygen atoms in total. The Labute approximate surface area is 89.8 Å². The first kappa shape index (κ1) is 10.4. The van der Waals surface area contributed by atoms with Gasteiger partial charge in [-0.1, -0.05) is 11.6 Å². The van der Waals surface area contributed by atoms with Crippen molar-refractivity contribution < 1.29 is 13.5 Å². The van der Waals surface area contributed by atoms with Gasteiger partial charge in [-0.2, -0.15) is 5.10 Å². The van der Waals surface area contributed by atoms with Gasteiger partial charge in [0.25, 0.3) is 5.92 Å². The molecule has 0 spiro atoms. The van der Waals surface area contributed by atoms with E-state index in [9.17, 15) is 8.78 Å². The van der Waals surface area contributed by atoms with Crippen molar-refractivity contribution >= 4 is 17.3 Å². The third-order valence-corrected chi connectivity index (χ3v) is 2.30. The lowest BCUT2D eigenvalue weighted by molar-refractivity contribution is -0.0283. The summed E-state index contributed by atoms with van der Waals surface area (Å²) in [5, 5.41) is 7.12. The average Bonchev–Trinajstić information content (AvgIpc) is 2.25. The van der Waals surface area contributed by atoms with Crippen LogP contribution in [0, 0.1) is 0 Å². The molecule has 0 atom stereocenters. The van der Waals surface area contributed by atoms with E-state index in [1.165, 1.54) is 18.1 Å². The molecule has 1 aliphatic rings. The SMILES string of the molecule is CN1CC(F)(F)COc2c1cnnc2Cl. The van der Waals surface area contributed by atoms with Gasteiger partial charge in [0.2, 0.25) is 0 Å². The number of halogens is 3. The zero-order valence-corrected chi connectivity index (χ0v) is 8.63. The van der Waals surface area contributed by atoms with Gasteiger partial charge in [0.1, 0.15) is 5.69 Å². The number of nitrogens with zero attached hydrogens (tertiary/aromatic N) is 3. The average molecular weight is 236 g/mol. The largest absolute Gasteiger partial charge is 0.482 e. The maximum atomic E-state index is 13.2. The van der Waals surface area contributed by atoms with E-state index in [1.54, 1.807) is 0 Å². The van der Waals surface area contributed by atoms with Crippen LogP contribution < -0.4 is 9.64 Å². The fourth-order valence-electron chi connectivity index (χ4n) is 1.40. The lowest BCUT2D eigenvalue weighted by Crippen LogP contribution is -2.36. The molecular weight excluding hydrogens is 228 g/mol. The first-order chi connectivity index (χ1) is 6.99. The molecule has 1 aromatic heterocycles. The van der Waals surface area contributed by atoms with Crippen molar-refractivity contribution in [2.45, 2.75) is 5.92 Å². The first-order valence-electron chi connectivity index (χ1n) is 4.22. The monoisotopic (exact) mass is 235 g/mol. The van der Waals surface area contributed by atoms with Gasteiger partial charge in [0.05, 0.1) is 12.7 Å². The lowest BCUT2D eigenvalue weighted by Gasteiger charge is -2.20. The van der Waals surface area contributed by atoms with Crippen molar-refractivity contribution in [3.05, 3.63) is 11.3 Å². The Balaban J connectivity index is 2.44. The summed E-state index contributed by atoms with van der Waals surface area (Å²) in [5.41, 5.74) is 0.423. The van der Waals surface area contributed by atoms with Gasteiger partial charge in [-0.15, -0.1) is 5.10 Å². The van der Waals surface area contributed by atoms with Crippen LogP contribution in [0.15, 0.2) is 6.20 Å². The van der Waals surface area contributed by atoms with E-state index in [4.69, 9.17) is 16.3 Å². The molecule has 0 saturated carbocycles. The number of alkyl halides is 2. The zero-order chi connectivity index (χ0) is 11.1. The molecule has 2 rings (SSSR count). The van der Waals surface area contributed by atoms with Crippen molar-refractivity contribution in [2.24, 2.45) is 0 Å². The summed E-state index contributed by atoms with van der Waals surface area (Å²) in [6.07, 6.45) is 1.35. The molecule has 0 radical (unpaired) electrons. The maximum absolute atomic E-state index is 13.2. The van der Waals surface area contributed by atoms with Gasteiger partial charge in [0.15, 0.2) is 17.5 Å². The van der Waals surface area contributed by atoms with Crippen molar-refractivity contribution in [3.8, 4) is 5.75 Å². The van der Waals surface area contributed by atoms with E-state index in [0.717, 1.165) is 0 Å². The van der Waals surface area contributed by atoms with E-state index < -0.39 is 19.1 Å². The molecule has 0 aromatic carbocycles. The van der Waals surface area contributed by atoms with Crippen molar-refractivity contribution in [2.75, 3.05) is 25.1 Å². The minimum Gasteiger partial charge on any atom is -0.482 e. The Morgan fingerprint density at radius 3 is 3.07 bits per heavy atom. The van der Waals surface area contributed by atoms with Gasteiger partial charge in [-0.05, 0) is 0 Å². The van der Waals surface area contributed by atoms with E-state index in [2.05, 4.69) is 10.2 Å². The van der Waals surface area contributed by atoms with Gasteiger partial charge >= 0.3 is 0 Å². The van der Waals surface area contributed by atoms with Gasteiger partial charge < -0.3 is 9.64 Å². The predicted octanol–water partition coefficient (Wildman–Crippen LogP) is 1.59. The number of fused-ring (bicyclic) bond motifs is 1. The normalized spacial score (nSPS) is 19.1. The summed E-state index contributed by atoms with van der Waals surface area (Å²) in [5.74, 6) is -2.75. The van der Waals surface area contributed by atoms with Crippen LogP contribution >= 0.6 is 11.6 Å². The summed E-state index contributed by atoms with van der Waals surface area (Å²) in [7, 11) is 1.53. The second kappa shape index (κ2) is 3.44. The van der Waals surface area contributed by atoms with Crippen LogP contribution in [-0.4, -0.2) is 36.3 Å². The van der Waals surface area contributed by atoms with E-state index >= 15 is 0 Å². The number of ether oxygens (including phenoxy) is 1. The van der Waals surface area contributed by atoms with E-state index in [-0.39, 0.29) is 10.9 Å². The Hall–Kier alpha value is -1.17. The highest BCUT2D eigenvalue weighted by Gasteiger charge is 2.36. The standard InChI is InChI=1S/C8H8ClF2N3O/c1-14-3-8(10,11)4-15-6-5(14)2-12-13-7(6)9/h2H,3-4H2,1H3. The number of aromatic nitrogens is 2. The van der Waals surface area contributed by atoms with Crippen LogP contribution in [-0.2, 0) is 0 Å². The molecule has 2 heterocycles. The third-order valence-electron chi connectivity index (χ3n) is 2.05. The molecule has 0 N–H and O–H groups in total. The summed E-state index contributed by atoms with van der Waals surface area (Å²) in [6.45, 7) is -1.13. The molecule has 0 saturated heterocycles. The number of anilines is 1. The molecule has 0 bridgehead atoms. The highest BCUT2D eigenvalue weighted by molar-refractivity contribution is 6.31. The quantitative estimate of drug-likeness (QED) is 0.685. The predicted molar refractivity (Wildman–Crippen MR) is 50.8 cm³/mol. The summed E-state index contributed by atoms with van der Waals surface area (Å²) in [6, 6.07) is 0. The maximum Gasteiger partial charge on any atom is 0.298 e. The Morgan fingerprint density at radius 2 is 2.33 bits per heavy atom. The Bertz CT molecular complexity index is 388. The van der Waals surface area contributed by atoms with Crippen LogP contribution in [0.5, 0.6) is 5.75 Å². The van der Waals surface area contributed by atoms with Crippen molar-refractivity contribution in [3.63, 3.8) is 0 Å². The molecule has 7 heteroatoms. The second-order valence-electron chi connectivity index (χ2n) is 3.35. The highest BCUT2D eigenvalue weighted by atomic mass is 35.5. The zero-order valence-electron chi connectivity index (χ0n) is 7.88. The molecular formula is C8H8ClF2N3O. The Morgan fingerprint density at radius 1 is 1.60 bits per heavy atom. The van der Waals surface area contributed by atoms with Crippen LogP contribution in [0.2, 0.25) is 5.15 Å².